The molecule has 8 fully saturated rings. The van der Waals surface area contributed by atoms with Crippen LogP contribution in [0.1, 0.15) is 201 Å². The molecule has 112 heavy (non-hydrogen) atoms. The molecule has 3 saturated heterocycles. The van der Waals surface area contributed by atoms with Gasteiger partial charge in [-0.05, 0) is 159 Å². The van der Waals surface area contributed by atoms with E-state index in [1.54, 1.807) is 20.8 Å². The number of nitrogens with one attached hydrogen (secondary N) is 3. The number of halogens is 9. The zero-order valence-corrected chi connectivity index (χ0v) is 67.8. The standard InChI is InChI=1S/C78H121ClF8N12O13/c1-12-45(3)65-73(109)93(7)44-63(102)94(8)56-25-15-14-18-34-98(72(56)108)60(38-46-26-29-50(30-27-46)77(82,83)84)71(107)92(6)43-61(100)88-55(31-28-48-36-53(80)64(54(81)37-48)78(85,86)87)69(105)99-42-52(112-13-2)40-58(99)68(104)90-76(32-20-33-76)75(111)97(11)66(49-22-16-17-23-49)74(110)96(10)59(70(106)91(4)5)41-62(101)95(9)57(67(103)89-65)39-47-21-19-24-51(79)35-47/h45-60,64-66H,12-44H2,1-11H3,(H,88,100)(H,89,103)(H,90,104)/t45-,46?,47?,48?,50?,51?,52+,53?,54?,55-,56-,57-,58-,59-,60-,64?,65-,66-/m0/s1. The maximum absolute atomic E-state index is 15.6. The van der Waals surface area contributed by atoms with E-state index in [-0.39, 0.29) is 102 Å². The molecule has 1 spiro atoms. The summed E-state index contributed by atoms with van der Waals surface area (Å²) in [5, 5.41) is 8.26. The molecule has 3 heterocycles. The van der Waals surface area contributed by atoms with Crippen molar-refractivity contribution in [3.63, 3.8) is 0 Å². The molecule has 8 aliphatic rings. The van der Waals surface area contributed by atoms with Crippen LogP contribution in [0.25, 0.3) is 0 Å². The number of carbonyl (C=O) groups is 12. The molecule has 2 bridgehead atoms. The Hall–Kier alpha value is -6.67. The third kappa shape index (κ3) is 22.1. The Kier molecular flexibility index (Phi) is 31.9. The van der Waals surface area contributed by atoms with Crippen LogP contribution in [0.3, 0.4) is 0 Å². The highest BCUT2D eigenvalue weighted by Gasteiger charge is 2.56. The lowest BCUT2D eigenvalue weighted by molar-refractivity contribution is -0.219. The fraction of sp³-hybridized carbons (Fsp3) is 0.846. The van der Waals surface area contributed by atoms with Gasteiger partial charge in [-0.15, -0.1) is 11.6 Å². The minimum absolute atomic E-state index is 0.00618. The zero-order chi connectivity index (χ0) is 82.8. The normalized spacial score (nSPS) is 33.2. The second-order valence-corrected chi connectivity index (χ2v) is 34.4. The predicted octanol–water partition coefficient (Wildman–Crippen LogP) is 7.72. The van der Waals surface area contributed by atoms with E-state index >= 15 is 51.9 Å². The van der Waals surface area contributed by atoms with Gasteiger partial charge in [0.15, 0.2) is 0 Å². The summed E-state index contributed by atoms with van der Waals surface area (Å²) >= 11 is 6.75. The maximum Gasteiger partial charge on any atom is 0.397 e. The number of ether oxygens (including phenoxy) is 1. The number of carbonyl (C=O) groups excluding carboxylic acids is 12. The van der Waals surface area contributed by atoms with Gasteiger partial charge < -0.3 is 64.8 Å². The van der Waals surface area contributed by atoms with Crippen molar-refractivity contribution in [3.8, 4) is 0 Å². The molecule has 34 heteroatoms. The number of fused-ring (bicyclic) bond motifs is 3. The van der Waals surface area contributed by atoms with Gasteiger partial charge in [0.2, 0.25) is 70.9 Å². The molecule has 4 unspecified atom stereocenters. The number of rotatable bonds is 13. The molecule has 3 N–H and O–H groups in total. The lowest BCUT2D eigenvalue weighted by Crippen LogP contribution is -2.68. The molecule has 8 rings (SSSR count). The Labute approximate surface area is 658 Å². The minimum atomic E-state index is -5.22. The van der Waals surface area contributed by atoms with Gasteiger partial charge in [0, 0.05) is 87.9 Å². The Morgan fingerprint density at radius 1 is 0.589 bits per heavy atom. The van der Waals surface area contributed by atoms with Crippen LogP contribution in [0, 0.1) is 41.4 Å². The third-order valence-electron chi connectivity index (χ3n) is 25.8. The van der Waals surface area contributed by atoms with E-state index in [2.05, 4.69) is 16.0 Å². The monoisotopic (exact) mass is 1620 g/mol. The number of likely N-dealkylation sites (N-methyl/N-ethyl adjacent to an activating group) is 7. The van der Waals surface area contributed by atoms with Gasteiger partial charge in [0.25, 0.3) is 0 Å². The van der Waals surface area contributed by atoms with Gasteiger partial charge >= 0.3 is 12.4 Å². The zero-order valence-electron chi connectivity index (χ0n) is 67.0. The van der Waals surface area contributed by atoms with Gasteiger partial charge in [-0.3, -0.25) is 57.5 Å². The van der Waals surface area contributed by atoms with Crippen molar-refractivity contribution in [2.45, 2.75) is 291 Å². The fourth-order valence-electron chi connectivity index (χ4n) is 18.6. The third-order valence-corrected chi connectivity index (χ3v) is 26.2. The van der Waals surface area contributed by atoms with Gasteiger partial charge in [-0.25, -0.2) is 8.78 Å². The number of nitrogens with zero attached hydrogens (tertiary/aromatic N) is 9. The molecule has 0 aromatic rings. The topological polar surface area (TPSA) is 279 Å². The van der Waals surface area contributed by atoms with Gasteiger partial charge in [-0.2, -0.15) is 26.3 Å². The van der Waals surface area contributed by atoms with Crippen molar-refractivity contribution in [3.05, 3.63) is 0 Å². The Balaban J connectivity index is 1.21. The van der Waals surface area contributed by atoms with Crippen LogP contribution in [-0.2, 0) is 62.3 Å². The highest BCUT2D eigenvalue weighted by atomic mass is 35.5. The molecular formula is C78H121ClF8N12O13. The number of hydrogen-bond acceptors (Lipinski definition) is 13. The van der Waals surface area contributed by atoms with Crippen LogP contribution in [0.15, 0.2) is 0 Å². The first-order valence-corrected chi connectivity index (χ1v) is 41.0. The van der Waals surface area contributed by atoms with Crippen molar-refractivity contribution >= 4 is 82.5 Å². The molecule has 5 saturated carbocycles. The summed E-state index contributed by atoms with van der Waals surface area (Å²) in [4.78, 5) is 193. The Morgan fingerprint density at radius 3 is 1.79 bits per heavy atom. The molecular weight excluding hydrogens is 1500 g/mol. The molecule has 14 atom stereocenters. The largest absolute Gasteiger partial charge is 0.397 e. The Bertz CT molecular complexity index is 3310. The van der Waals surface area contributed by atoms with Crippen LogP contribution in [0.4, 0.5) is 35.1 Å². The lowest BCUT2D eigenvalue weighted by atomic mass is 9.74. The van der Waals surface area contributed by atoms with Crippen LogP contribution in [-0.4, -0.2) is 294 Å². The summed E-state index contributed by atoms with van der Waals surface area (Å²) < 4.78 is 122. The summed E-state index contributed by atoms with van der Waals surface area (Å²) in [7, 11) is 11.0. The highest BCUT2D eigenvalue weighted by Crippen LogP contribution is 2.46. The summed E-state index contributed by atoms with van der Waals surface area (Å²) in [5.41, 5.74) is -1.70. The second-order valence-electron chi connectivity index (χ2n) is 33.7. The van der Waals surface area contributed by atoms with Crippen molar-refractivity contribution < 1.29 is 97.4 Å². The maximum atomic E-state index is 15.6. The van der Waals surface area contributed by atoms with E-state index in [4.69, 9.17) is 16.3 Å². The molecule has 0 aromatic heterocycles. The summed E-state index contributed by atoms with van der Waals surface area (Å²) in [6.07, 6.45) is -12.7. The number of hydrogen-bond donors (Lipinski definition) is 3. The average Bonchev–Trinajstić information content (AvgIpc) is 1.40. The summed E-state index contributed by atoms with van der Waals surface area (Å²) in [6, 6.07) is -11.3. The first kappa shape index (κ1) is 90.9. The van der Waals surface area contributed by atoms with Crippen LogP contribution in [0.5, 0.6) is 0 Å². The average molecular weight is 1620 g/mol. The van der Waals surface area contributed by atoms with E-state index < -0.39 is 230 Å². The lowest BCUT2D eigenvalue weighted by Gasteiger charge is -2.46. The van der Waals surface area contributed by atoms with Gasteiger partial charge in [0.05, 0.1) is 31.5 Å². The van der Waals surface area contributed by atoms with E-state index in [9.17, 15) is 40.7 Å². The van der Waals surface area contributed by atoms with Gasteiger partial charge in [0.1, 0.15) is 72.1 Å². The predicted molar refractivity (Wildman–Crippen MR) is 398 cm³/mol. The second kappa shape index (κ2) is 39.3. The van der Waals surface area contributed by atoms with Gasteiger partial charge in [-0.1, -0.05) is 58.8 Å². The molecule has 25 nitrogen and oxygen atoms in total. The minimum Gasteiger partial charge on any atom is -0.377 e. The van der Waals surface area contributed by atoms with E-state index in [1.165, 1.54) is 76.0 Å². The first-order valence-electron chi connectivity index (χ1n) is 40.6. The van der Waals surface area contributed by atoms with Crippen molar-refractivity contribution in [2.24, 2.45) is 41.4 Å². The molecule has 3 aliphatic heterocycles. The van der Waals surface area contributed by atoms with Crippen molar-refractivity contribution in [1.29, 1.82) is 0 Å². The first-order chi connectivity index (χ1) is 52.6. The Morgan fingerprint density at radius 2 is 1.21 bits per heavy atom. The SMILES string of the molecule is CCO[C@@H]1C[C@H]2C(=O)NC3(CCC3)C(=O)N(C)[C@@H](C3CCCC3)C(=O)N(C)[C@H](C(=O)N(C)C)CC(=O)N(C)[C@@H](CC3CCCC(Cl)C3)C(=O)N[C@@H]([C@@H](C)CC)C(=O)N(C)CC(=O)N(C)[C@H]3CCCCCN(C3=O)[C@@H](CC3CCC(C(F)(F)F)CC3)C(=O)N(C)CC(=O)N[C@@H](CCC3CC(F)C(C(F)(F)F)C(F)C3)C(=O)N2C1. The summed E-state index contributed by atoms with van der Waals surface area (Å²) in [5.74, 6) is -16.8. The molecule has 634 valence electrons. The van der Waals surface area contributed by atoms with E-state index in [1.807, 2.05) is 0 Å². The van der Waals surface area contributed by atoms with Crippen LogP contribution >= 0.6 is 11.6 Å². The van der Waals surface area contributed by atoms with Crippen LogP contribution in [0.2, 0.25) is 0 Å². The molecule has 0 radical (unpaired) electrons. The van der Waals surface area contributed by atoms with E-state index in [0.29, 0.717) is 77.0 Å². The number of alkyl halides is 9. The fourth-order valence-corrected chi connectivity index (χ4v) is 19.0. The van der Waals surface area contributed by atoms with Crippen LogP contribution < -0.4 is 16.0 Å². The summed E-state index contributed by atoms with van der Waals surface area (Å²) in [6.45, 7) is 3.39. The number of amides is 12. The molecule has 5 aliphatic carbocycles. The van der Waals surface area contributed by atoms with Crippen molar-refractivity contribution in [2.75, 3.05) is 89.2 Å². The molecule has 0 aromatic carbocycles. The van der Waals surface area contributed by atoms with E-state index in [0.717, 1.165) is 30.9 Å². The highest BCUT2D eigenvalue weighted by molar-refractivity contribution is 6.20. The molecule has 12 amide bonds. The van der Waals surface area contributed by atoms with Crippen molar-refractivity contribution in [1.82, 2.24) is 60.0 Å². The quantitative estimate of drug-likeness (QED) is 0.118. The smallest absolute Gasteiger partial charge is 0.377 e.